The number of nitrogens with zero attached hydrogens (tertiary/aromatic N) is 2. The molecule has 0 saturated heterocycles. The maximum atomic E-state index is 11.0. The number of hydrogen-bond acceptors (Lipinski definition) is 4. The summed E-state index contributed by atoms with van der Waals surface area (Å²) < 4.78 is 1.39. The number of nitro groups is 1. The van der Waals surface area contributed by atoms with Crippen LogP contribution in [0.5, 0.6) is 0 Å². The second-order valence-corrected chi connectivity index (χ2v) is 5.68. The normalized spacial score (nSPS) is 9.85. The molecule has 0 radical (unpaired) electrons. The first-order valence-corrected chi connectivity index (χ1v) is 7.00. The molecule has 0 aliphatic carbocycles. The van der Waals surface area contributed by atoms with Gasteiger partial charge in [0.2, 0.25) is 0 Å². The van der Waals surface area contributed by atoms with Gasteiger partial charge in [0.05, 0.1) is 16.2 Å². The van der Waals surface area contributed by atoms with Crippen LogP contribution in [-0.2, 0) is 0 Å². The van der Waals surface area contributed by atoms with Gasteiger partial charge in [0, 0.05) is 15.0 Å². The Morgan fingerprint density at radius 1 is 1.10 bits per heavy atom. The summed E-state index contributed by atoms with van der Waals surface area (Å²) in [6.07, 6.45) is 0. The van der Waals surface area contributed by atoms with Crippen LogP contribution in [-0.4, -0.2) is 4.92 Å². The van der Waals surface area contributed by atoms with Gasteiger partial charge in [-0.2, -0.15) is 5.26 Å². The van der Waals surface area contributed by atoms with Gasteiger partial charge >= 0.3 is 0 Å². The van der Waals surface area contributed by atoms with E-state index in [9.17, 15) is 10.1 Å². The number of rotatable bonds is 3. The molecule has 0 spiro atoms. The third-order valence-electron chi connectivity index (χ3n) is 2.53. The van der Waals surface area contributed by atoms with E-state index in [1.54, 1.807) is 30.3 Å². The van der Waals surface area contributed by atoms with Crippen LogP contribution in [0.3, 0.4) is 0 Å². The van der Waals surface area contributed by atoms with Gasteiger partial charge in [-0.05, 0) is 30.3 Å². The summed E-state index contributed by atoms with van der Waals surface area (Å²) in [7, 11) is 0. The molecule has 100 valence electrons. The smallest absolute Gasteiger partial charge is 0.293 e. The molecule has 0 aliphatic heterocycles. The van der Waals surface area contributed by atoms with Crippen LogP contribution in [0.4, 0.5) is 17.1 Å². The van der Waals surface area contributed by atoms with Crippen molar-refractivity contribution in [1.29, 1.82) is 5.26 Å². The van der Waals surface area contributed by atoms with Crippen molar-refractivity contribution in [2.75, 3.05) is 5.32 Å². The average molecular weight is 397 g/mol. The first-order valence-electron chi connectivity index (χ1n) is 5.42. The van der Waals surface area contributed by atoms with Crippen LogP contribution < -0.4 is 5.32 Å². The van der Waals surface area contributed by atoms with Gasteiger partial charge in [-0.15, -0.1) is 0 Å². The fraction of sp³-hybridized carbons (Fsp3) is 0. The maximum absolute atomic E-state index is 11.0. The summed E-state index contributed by atoms with van der Waals surface area (Å²) in [5.74, 6) is 0. The Labute approximate surface area is 131 Å². The zero-order chi connectivity index (χ0) is 14.7. The fourth-order valence-electron chi connectivity index (χ4n) is 1.62. The minimum atomic E-state index is -0.474. The number of halogens is 2. The van der Waals surface area contributed by atoms with E-state index < -0.39 is 4.92 Å². The zero-order valence-electron chi connectivity index (χ0n) is 9.93. The second-order valence-electron chi connectivity index (χ2n) is 3.85. The fourth-order valence-corrected chi connectivity index (χ4v) is 2.33. The monoisotopic (exact) mass is 395 g/mol. The van der Waals surface area contributed by atoms with Crippen LogP contribution in [0.1, 0.15) is 5.56 Å². The molecule has 0 aromatic heterocycles. The largest absolute Gasteiger partial charge is 0.349 e. The van der Waals surface area contributed by atoms with Crippen molar-refractivity contribution in [2.45, 2.75) is 0 Å². The summed E-state index contributed by atoms with van der Waals surface area (Å²) in [5.41, 5.74) is 1.18. The highest BCUT2D eigenvalue weighted by Crippen LogP contribution is 2.32. The van der Waals surface area contributed by atoms with Crippen molar-refractivity contribution < 1.29 is 4.92 Å². The van der Waals surface area contributed by atoms with Crippen LogP contribution >= 0.6 is 31.9 Å². The molecule has 0 saturated carbocycles. The summed E-state index contributed by atoms with van der Waals surface area (Å²) in [5, 5.41) is 23.1. The molecule has 2 aromatic carbocycles. The van der Waals surface area contributed by atoms with Crippen molar-refractivity contribution in [2.24, 2.45) is 0 Å². The van der Waals surface area contributed by atoms with Gasteiger partial charge in [-0.1, -0.05) is 31.9 Å². The third kappa shape index (κ3) is 3.15. The minimum Gasteiger partial charge on any atom is -0.349 e. The standard InChI is InChI=1S/C13H7Br2N3O2/c14-9-1-3-11(8(5-9)7-16)17-12-4-2-10(15)6-13(12)18(19)20/h1-6,17H. The predicted octanol–water partition coefficient (Wildman–Crippen LogP) is 4.74. The Bertz CT molecular complexity index is 726. The summed E-state index contributed by atoms with van der Waals surface area (Å²) in [6, 6.07) is 11.8. The van der Waals surface area contributed by atoms with Gasteiger partial charge in [0.15, 0.2) is 0 Å². The molecule has 0 unspecified atom stereocenters. The van der Waals surface area contributed by atoms with E-state index in [-0.39, 0.29) is 5.69 Å². The van der Waals surface area contributed by atoms with Crippen molar-refractivity contribution in [1.82, 2.24) is 0 Å². The Balaban J connectivity index is 2.45. The Morgan fingerprint density at radius 3 is 2.30 bits per heavy atom. The van der Waals surface area contributed by atoms with E-state index in [1.165, 1.54) is 6.07 Å². The van der Waals surface area contributed by atoms with E-state index in [0.717, 1.165) is 4.47 Å². The number of benzene rings is 2. The molecule has 7 heteroatoms. The van der Waals surface area contributed by atoms with E-state index >= 15 is 0 Å². The maximum Gasteiger partial charge on any atom is 0.293 e. The molecule has 5 nitrogen and oxygen atoms in total. The van der Waals surface area contributed by atoms with Gasteiger partial charge in [-0.25, -0.2) is 0 Å². The molecule has 0 heterocycles. The van der Waals surface area contributed by atoms with E-state index in [2.05, 4.69) is 37.2 Å². The first kappa shape index (κ1) is 14.5. The van der Waals surface area contributed by atoms with Gasteiger partial charge in [-0.3, -0.25) is 10.1 Å². The molecule has 0 bridgehead atoms. The highest BCUT2D eigenvalue weighted by molar-refractivity contribution is 9.10. The van der Waals surface area contributed by atoms with Crippen LogP contribution in [0.15, 0.2) is 45.3 Å². The number of hydrogen-bond donors (Lipinski definition) is 1. The summed E-state index contributed by atoms with van der Waals surface area (Å²) >= 11 is 6.47. The zero-order valence-corrected chi connectivity index (χ0v) is 13.1. The van der Waals surface area contributed by atoms with E-state index in [1.807, 2.05) is 6.07 Å². The van der Waals surface area contributed by atoms with Gasteiger partial charge < -0.3 is 5.32 Å². The molecule has 0 fully saturated rings. The molecular formula is C13H7Br2N3O2. The molecule has 1 N–H and O–H groups in total. The summed E-state index contributed by atoms with van der Waals surface area (Å²) in [4.78, 5) is 10.6. The minimum absolute atomic E-state index is 0.0637. The Kier molecular flexibility index (Phi) is 4.37. The van der Waals surface area contributed by atoms with Crippen molar-refractivity contribution in [3.8, 4) is 6.07 Å². The Hall–Kier alpha value is -1.91. The predicted molar refractivity (Wildman–Crippen MR) is 82.9 cm³/mol. The van der Waals surface area contributed by atoms with Crippen molar-refractivity contribution in [3.63, 3.8) is 0 Å². The highest BCUT2D eigenvalue weighted by Gasteiger charge is 2.15. The number of nitriles is 1. The second kappa shape index (κ2) is 6.03. The third-order valence-corrected chi connectivity index (χ3v) is 3.51. The molecule has 2 aromatic rings. The summed E-state index contributed by atoms with van der Waals surface area (Å²) in [6.45, 7) is 0. The van der Waals surface area contributed by atoms with Gasteiger partial charge in [0.1, 0.15) is 11.8 Å². The van der Waals surface area contributed by atoms with Crippen molar-refractivity contribution >= 4 is 48.9 Å². The lowest BCUT2D eigenvalue weighted by Crippen LogP contribution is -1.98. The topological polar surface area (TPSA) is 79.0 Å². The molecule has 0 aliphatic rings. The first-order chi connectivity index (χ1) is 9.51. The number of nitrogens with one attached hydrogen (secondary N) is 1. The SMILES string of the molecule is N#Cc1cc(Br)ccc1Nc1ccc(Br)cc1[N+](=O)[O-]. The Morgan fingerprint density at radius 2 is 1.70 bits per heavy atom. The number of nitro benzene ring substituents is 1. The van der Waals surface area contributed by atoms with Gasteiger partial charge in [0.25, 0.3) is 5.69 Å². The molecule has 0 atom stereocenters. The lowest BCUT2D eigenvalue weighted by atomic mass is 10.2. The van der Waals surface area contributed by atoms with Crippen LogP contribution in [0.25, 0.3) is 0 Å². The lowest BCUT2D eigenvalue weighted by molar-refractivity contribution is -0.384. The van der Waals surface area contributed by atoms with Crippen LogP contribution in [0.2, 0.25) is 0 Å². The average Bonchev–Trinajstić information content (AvgIpc) is 2.42. The van der Waals surface area contributed by atoms with Crippen molar-refractivity contribution in [3.05, 3.63) is 61.0 Å². The van der Waals surface area contributed by atoms with Crippen LogP contribution in [0, 0.1) is 21.4 Å². The number of anilines is 2. The highest BCUT2D eigenvalue weighted by atomic mass is 79.9. The quantitative estimate of drug-likeness (QED) is 0.600. The molecule has 20 heavy (non-hydrogen) atoms. The van der Waals surface area contributed by atoms with E-state index in [4.69, 9.17) is 5.26 Å². The van der Waals surface area contributed by atoms with E-state index in [0.29, 0.717) is 21.4 Å². The molecular weight excluding hydrogens is 390 g/mol. The molecule has 0 amide bonds. The molecule has 2 rings (SSSR count). The lowest BCUT2D eigenvalue weighted by Gasteiger charge is -2.09.